The molecule has 1 rings (SSSR count). The number of aliphatic hydroxyl groups is 4. The average molecular weight is 219 g/mol. The molecule has 0 aromatic carbocycles. The van der Waals surface area contributed by atoms with Gasteiger partial charge in [0, 0.05) is 6.92 Å². The van der Waals surface area contributed by atoms with Gasteiger partial charge in [-0.25, -0.2) is 0 Å². The van der Waals surface area contributed by atoms with Crippen molar-refractivity contribution in [1.29, 1.82) is 0 Å². The van der Waals surface area contributed by atoms with Gasteiger partial charge in [0.15, 0.2) is 11.5 Å². The molecule has 15 heavy (non-hydrogen) atoms. The van der Waals surface area contributed by atoms with Crippen molar-refractivity contribution in [3.05, 3.63) is 11.5 Å². The second-order valence-corrected chi connectivity index (χ2v) is 3.15. The highest BCUT2D eigenvalue weighted by molar-refractivity contribution is 5.73. The van der Waals surface area contributed by atoms with Gasteiger partial charge in [-0.05, 0) is 0 Å². The first-order valence-electron chi connectivity index (χ1n) is 4.30. The number of carbonyl (C=O) groups excluding carboxylic acids is 1. The molecule has 0 bridgehead atoms. The van der Waals surface area contributed by atoms with E-state index in [0.717, 1.165) is 0 Å². The molecule has 0 fully saturated rings. The van der Waals surface area contributed by atoms with E-state index in [0.29, 0.717) is 0 Å². The number of aliphatic hydroxyl groups excluding tert-OH is 4. The molecule has 1 aliphatic rings. The summed E-state index contributed by atoms with van der Waals surface area (Å²) in [5.74, 6) is -1.39. The number of rotatable bonds is 2. The van der Waals surface area contributed by atoms with Crippen LogP contribution in [0, 0.1) is 0 Å². The van der Waals surface area contributed by atoms with Gasteiger partial charge in [-0.1, -0.05) is 0 Å². The molecule has 0 saturated carbocycles. The standard InChI is InChI=1S/C8H13NO6/c1-3(11)9-5-7(13)6(12)4(2-10)15-8(5)14/h5,7-8,10,12-14H,2H2,1H3,(H,9,11)/t5-,7-,8+/m1/s1. The predicted octanol–water partition coefficient (Wildman–Crippen LogP) is -2.04. The van der Waals surface area contributed by atoms with Crippen molar-refractivity contribution in [2.45, 2.75) is 25.4 Å². The number of hydrogen-bond acceptors (Lipinski definition) is 6. The largest absolute Gasteiger partial charge is 0.506 e. The van der Waals surface area contributed by atoms with E-state index in [1.807, 2.05) is 0 Å². The second kappa shape index (κ2) is 4.47. The Labute approximate surface area is 85.6 Å². The van der Waals surface area contributed by atoms with E-state index in [4.69, 9.17) is 9.84 Å². The van der Waals surface area contributed by atoms with Gasteiger partial charge in [0.05, 0.1) is 0 Å². The summed E-state index contributed by atoms with van der Waals surface area (Å²) < 4.78 is 4.69. The fourth-order valence-electron chi connectivity index (χ4n) is 1.27. The Balaban J connectivity index is 2.86. The Morgan fingerprint density at radius 1 is 1.53 bits per heavy atom. The van der Waals surface area contributed by atoms with Crippen molar-refractivity contribution in [3.8, 4) is 0 Å². The van der Waals surface area contributed by atoms with Crippen LogP contribution in [0.2, 0.25) is 0 Å². The summed E-state index contributed by atoms with van der Waals surface area (Å²) in [5.41, 5.74) is 0. The summed E-state index contributed by atoms with van der Waals surface area (Å²) in [6.45, 7) is 0.550. The molecule has 86 valence electrons. The molecule has 0 saturated heterocycles. The molecule has 0 unspecified atom stereocenters. The third-order valence-corrected chi connectivity index (χ3v) is 1.99. The molecular formula is C8H13NO6. The summed E-state index contributed by atoms with van der Waals surface area (Å²) in [6, 6.07) is -1.15. The number of amides is 1. The Morgan fingerprint density at radius 3 is 2.60 bits per heavy atom. The number of hydrogen-bond donors (Lipinski definition) is 5. The molecule has 0 radical (unpaired) electrons. The summed E-state index contributed by atoms with van der Waals surface area (Å²) in [6.07, 6.45) is -3.01. The minimum Gasteiger partial charge on any atom is -0.506 e. The van der Waals surface area contributed by atoms with Crippen LogP contribution in [0.5, 0.6) is 0 Å². The average Bonchev–Trinajstić information content (AvgIpc) is 2.18. The normalized spacial score (nSPS) is 31.1. The molecule has 5 N–H and O–H groups in total. The van der Waals surface area contributed by atoms with Gasteiger partial charge in [-0.2, -0.15) is 0 Å². The molecule has 0 spiro atoms. The van der Waals surface area contributed by atoms with Crippen molar-refractivity contribution in [1.82, 2.24) is 5.32 Å². The van der Waals surface area contributed by atoms with Gasteiger partial charge in [0.1, 0.15) is 18.8 Å². The maximum Gasteiger partial charge on any atom is 0.220 e. The summed E-state index contributed by atoms with van der Waals surface area (Å²) in [7, 11) is 0. The third-order valence-electron chi connectivity index (χ3n) is 1.99. The van der Waals surface area contributed by atoms with Gasteiger partial charge >= 0.3 is 0 Å². The van der Waals surface area contributed by atoms with E-state index >= 15 is 0 Å². The lowest BCUT2D eigenvalue weighted by molar-refractivity contribution is -0.149. The van der Waals surface area contributed by atoms with Crippen LogP contribution in [0.15, 0.2) is 11.5 Å². The minimum absolute atomic E-state index is 0.309. The Kier molecular flexibility index (Phi) is 3.51. The highest BCUT2D eigenvalue weighted by Crippen LogP contribution is 2.21. The van der Waals surface area contributed by atoms with Gasteiger partial charge in [0.25, 0.3) is 0 Å². The molecule has 7 heteroatoms. The van der Waals surface area contributed by atoms with Crippen LogP contribution in [0.4, 0.5) is 0 Å². The first-order chi connectivity index (χ1) is 6.97. The maximum atomic E-state index is 10.7. The van der Waals surface area contributed by atoms with E-state index in [1.54, 1.807) is 0 Å². The van der Waals surface area contributed by atoms with Crippen LogP contribution in [-0.4, -0.2) is 51.4 Å². The molecule has 0 aromatic rings. The van der Waals surface area contributed by atoms with Crippen molar-refractivity contribution in [2.24, 2.45) is 0 Å². The first-order valence-corrected chi connectivity index (χ1v) is 4.30. The van der Waals surface area contributed by atoms with Gasteiger partial charge in [-0.15, -0.1) is 0 Å². The summed E-state index contributed by atoms with van der Waals surface area (Å²) in [5, 5.41) is 39.1. The van der Waals surface area contributed by atoms with Crippen LogP contribution in [0.3, 0.4) is 0 Å². The van der Waals surface area contributed by atoms with Crippen LogP contribution in [0.1, 0.15) is 6.92 Å². The number of ether oxygens (including phenoxy) is 1. The van der Waals surface area contributed by atoms with Gasteiger partial charge in [0.2, 0.25) is 12.2 Å². The zero-order chi connectivity index (χ0) is 11.6. The molecule has 0 aliphatic carbocycles. The zero-order valence-electron chi connectivity index (χ0n) is 8.04. The third kappa shape index (κ3) is 2.38. The van der Waals surface area contributed by atoms with Crippen LogP contribution < -0.4 is 5.32 Å². The van der Waals surface area contributed by atoms with Crippen LogP contribution in [-0.2, 0) is 9.53 Å². The van der Waals surface area contributed by atoms with E-state index in [9.17, 15) is 20.1 Å². The predicted molar refractivity (Wildman–Crippen MR) is 47.4 cm³/mol. The smallest absolute Gasteiger partial charge is 0.220 e. The summed E-state index contributed by atoms with van der Waals surface area (Å²) in [4.78, 5) is 10.7. The van der Waals surface area contributed by atoms with Crippen LogP contribution in [0.25, 0.3) is 0 Å². The van der Waals surface area contributed by atoms with Crippen LogP contribution >= 0.6 is 0 Å². The molecular weight excluding hydrogens is 206 g/mol. The molecule has 1 aliphatic heterocycles. The first kappa shape index (κ1) is 11.8. The van der Waals surface area contributed by atoms with Crippen molar-refractivity contribution in [2.75, 3.05) is 6.61 Å². The van der Waals surface area contributed by atoms with Gasteiger partial charge in [-0.3, -0.25) is 4.79 Å². The lowest BCUT2D eigenvalue weighted by Crippen LogP contribution is -2.54. The zero-order valence-corrected chi connectivity index (χ0v) is 8.04. The van der Waals surface area contributed by atoms with Gasteiger partial charge < -0.3 is 30.5 Å². The topological polar surface area (TPSA) is 119 Å². The number of nitrogens with one attached hydrogen (secondary N) is 1. The molecule has 0 aromatic heterocycles. The number of carbonyl (C=O) groups is 1. The molecule has 1 heterocycles. The maximum absolute atomic E-state index is 10.7. The quantitative estimate of drug-likeness (QED) is 0.365. The second-order valence-electron chi connectivity index (χ2n) is 3.15. The van der Waals surface area contributed by atoms with E-state index < -0.39 is 36.7 Å². The van der Waals surface area contributed by atoms with Crippen molar-refractivity contribution < 1.29 is 30.0 Å². The Hall–Kier alpha value is -1.31. The summed E-state index contributed by atoms with van der Waals surface area (Å²) >= 11 is 0. The molecule has 1 amide bonds. The van der Waals surface area contributed by atoms with E-state index in [2.05, 4.69) is 5.32 Å². The lowest BCUT2D eigenvalue weighted by Gasteiger charge is -2.33. The molecule has 7 nitrogen and oxygen atoms in total. The van der Waals surface area contributed by atoms with E-state index in [1.165, 1.54) is 6.92 Å². The lowest BCUT2D eigenvalue weighted by atomic mass is 10.1. The Bertz CT molecular complexity index is 289. The van der Waals surface area contributed by atoms with Crippen molar-refractivity contribution in [3.63, 3.8) is 0 Å². The SMILES string of the molecule is CC(=O)N[C@H]1[C@@H](O)OC(CO)=C(O)[C@@H]1O. The molecule has 3 atom stereocenters. The highest BCUT2D eigenvalue weighted by atomic mass is 16.6. The monoisotopic (exact) mass is 219 g/mol. The fraction of sp³-hybridized carbons (Fsp3) is 0.625. The highest BCUT2D eigenvalue weighted by Gasteiger charge is 2.38. The van der Waals surface area contributed by atoms with E-state index in [-0.39, 0.29) is 5.76 Å². The van der Waals surface area contributed by atoms with Crippen molar-refractivity contribution >= 4 is 5.91 Å². The Morgan fingerprint density at radius 2 is 2.13 bits per heavy atom. The fourth-order valence-corrected chi connectivity index (χ4v) is 1.27. The minimum atomic E-state index is -1.51.